The van der Waals surface area contributed by atoms with Gasteiger partial charge in [-0.2, -0.15) is 11.8 Å². The van der Waals surface area contributed by atoms with Crippen LogP contribution in [0.1, 0.15) is 65.5 Å². The second kappa shape index (κ2) is 16.1. The first-order valence-electron chi connectivity index (χ1n) is 12.3. The van der Waals surface area contributed by atoms with E-state index < -0.39 is 35.7 Å². The standard InChI is InChI=1S/C26H41N3O6S/c1-7-17-29(24(32)20(15-18-36-6)28-25(33)35-26(3,4)5)22(19-12-10-9-11-13-19)23(31)27-16-14-21(30)34-8-2/h9-13,20,22H,7-8,14-18H2,1-6H3,(H,27,31)(H,28,33). The molecule has 1 aromatic carbocycles. The number of nitrogens with one attached hydrogen (secondary N) is 2. The van der Waals surface area contributed by atoms with Crippen LogP contribution in [-0.4, -0.2) is 72.1 Å². The Kier molecular flexibility index (Phi) is 14.0. The van der Waals surface area contributed by atoms with Crippen LogP contribution in [0.15, 0.2) is 30.3 Å². The second-order valence-corrected chi connectivity index (χ2v) is 10.2. The molecule has 2 N–H and O–H groups in total. The van der Waals surface area contributed by atoms with Crippen LogP contribution < -0.4 is 10.6 Å². The highest BCUT2D eigenvalue weighted by atomic mass is 32.2. The van der Waals surface area contributed by atoms with E-state index in [0.29, 0.717) is 30.7 Å². The highest BCUT2D eigenvalue weighted by Gasteiger charge is 2.35. The lowest BCUT2D eigenvalue weighted by Crippen LogP contribution is -2.53. The van der Waals surface area contributed by atoms with E-state index >= 15 is 0 Å². The fourth-order valence-corrected chi connectivity index (χ4v) is 3.95. The van der Waals surface area contributed by atoms with Crippen LogP contribution in [0.3, 0.4) is 0 Å². The molecule has 1 rings (SSSR count). The predicted octanol–water partition coefficient (Wildman–Crippen LogP) is 3.68. The van der Waals surface area contributed by atoms with Gasteiger partial charge in [-0.05, 0) is 58.1 Å². The van der Waals surface area contributed by atoms with Crippen molar-refractivity contribution < 1.29 is 28.7 Å². The maximum absolute atomic E-state index is 13.8. The Balaban J connectivity index is 3.23. The number of carbonyl (C=O) groups excluding carboxylic acids is 4. The number of amides is 3. The summed E-state index contributed by atoms with van der Waals surface area (Å²) in [5.74, 6) is -0.554. The Morgan fingerprint density at radius 2 is 1.75 bits per heavy atom. The van der Waals surface area contributed by atoms with E-state index in [1.165, 1.54) is 4.90 Å². The Labute approximate surface area is 219 Å². The lowest BCUT2D eigenvalue weighted by atomic mass is 10.0. The lowest BCUT2D eigenvalue weighted by molar-refractivity contribution is -0.144. The molecule has 0 radical (unpaired) electrons. The summed E-state index contributed by atoms with van der Waals surface area (Å²) in [6, 6.07) is 7.19. The van der Waals surface area contributed by atoms with Gasteiger partial charge in [-0.1, -0.05) is 37.3 Å². The van der Waals surface area contributed by atoms with Gasteiger partial charge >= 0.3 is 12.1 Å². The molecule has 0 aliphatic carbocycles. The molecule has 0 bridgehead atoms. The Morgan fingerprint density at radius 3 is 2.31 bits per heavy atom. The average molecular weight is 524 g/mol. The number of hydrogen-bond donors (Lipinski definition) is 2. The topological polar surface area (TPSA) is 114 Å². The van der Waals surface area contributed by atoms with Gasteiger partial charge in [0, 0.05) is 13.1 Å². The number of hydrogen-bond acceptors (Lipinski definition) is 7. The lowest BCUT2D eigenvalue weighted by Gasteiger charge is -2.34. The van der Waals surface area contributed by atoms with Crippen molar-refractivity contribution in [2.45, 2.75) is 71.6 Å². The fourth-order valence-electron chi connectivity index (χ4n) is 3.48. The molecule has 0 saturated carbocycles. The Bertz CT molecular complexity index is 844. The molecule has 0 spiro atoms. The maximum Gasteiger partial charge on any atom is 0.408 e. The zero-order valence-electron chi connectivity index (χ0n) is 22.3. The fraction of sp³-hybridized carbons (Fsp3) is 0.615. The average Bonchev–Trinajstić information content (AvgIpc) is 2.80. The molecule has 0 aliphatic heterocycles. The monoisotopic (exact) mass is 523 g/mol. The minimum absolute atomic E-state index is 0.0271. The summed E-state index contributed by atoms with van der Waals surface area (Å²) in [6.45, 7) is 9.54. The van der Waals surface area contributed by atoms with Crippen molar-refractivity contribution in [2.75, 3.05) is 31.7 Å². The van der Waals surface area contributed by atoms with Crippen LogP contribution in [0.4, 0.5) is 4.79 Å². The summed E-state index contributed by atoms with van der Waals surface area (Å²) >= 11 is 1.56. The van der Waals surface area contributed by atoms with E-state index in [9.17, 15) is 19.2 Å². The third kappa shape index (κ3) is 11.3. The SMILES string of the molecule is CCCN(C(=O)C(CCSC)NC(=O)OC(C)(C)C)C(C(=O)NCCC(=O)OCC)c1ccccc1. The third-order valence-electron chi connectivity index (χ3n) is 4.96. The van der Waals surface area contributed by atoms with E-state index in [1.54, 1.807) is 63.7 Å². The molecule has 0 aromatic heterocycles. The number of benzene rings is 1. The number of rotatable bonds is 14. The van der Waals surface area contributed by atoms with E-state index in [4.69, 9.17) is 9.47 Å². The first-order valence-corrected chi connectivity index (χ1v) is 13.7. The largest absolute Gasteiger partial charge is 0.466 e. The number of ether oxygens (including phenoxy) is 2. The summed E-state index contributed by atoms with van der Waals surface area (Å²) in [5.41, 5.74) is -0.0834. The number of carbonyl (C=O) groups is 4. The first kappa shape index (κ1) is 31.3. The summed E-state index contributed by atoms with van der Waals surface area (Å²) in [5, 5.41) is 5.47. The Hall–Kier alpha value is -2.75. The van der Waals surface area contributed by atoms with Crippen LogP contribution in [0, 0.1) is 0 Å². The minimum Gasteiger partial charge on any atom is -0.466 e. The van der Waals surface area contributed by atoms with Crippen molar-refractivity contribution in [1.82, 2.24) is 15.5 Å². The van der Waals surface area contributed by atoms with Gasteiger partial charge in [-0.3, -0.25) is 14.4 Å². The molecule has 0 fully saturated rings. The molecule has 0 saturated heterocycles. The maximum atomic E-state index is 13.8. The smallest absolute Gasteiger partial charge is 0.408 e. The van der Waals surface area contributed by atoms with Gasteiger partial charge in [0.1, 0.15) is 17.7 Å². The molecule has 0 heterocycles. The van der Waals surface area contributed by atoms with Crippen LogP contribution in [0.25, 0.3) is 0 Å². The van der Waals surface area contributed by atoms with Crippen LogP contribution in [-0.2, 0) is 23.9 Å². The zero-order chi connectivity index (χ0) is 27.1. The van der Waals surface area contributed by atoms with Crippen molar-refractivity contribution in [3.63, 3.8) is 0 Å². The zero-order valence-corrected chi connectivity index (χ0v) is 23.1. The quantitative estimate of drug-likeness (QED) is 0.358. The summed E-state index contributed by atoms with van der Waals surface area (Å²) < 4.78 is 10.3. The van der Waals surface area contributed by atoms with Gasteiger partial charge in [-0.15, -0.1) is 0 Å². The molecular formula is C26H41N3O6S. The summed E-state index contributed by atoms with van der Waals surface area (Å²) in [7, 11) is 0. The summed E-state index contributed by atoms with van der Waals surface area (Å²) in [6.07, 6.45) is 2.24. The van der Waals surface area contributed by atoms with Gasteiger partial charge < -0.3 is 25.0 Å². The van der Waals surface area contributed by atoms with Crippen molar-refractivity contribution in [3.05, 3.63) is 35.9 Å². The van der Waals surface area contributed by atoms with Crippen molar-refractivity contribution in [3.8, 4) is 0 Å². The van der Waals surface area contributed by atoms with E-state index in [2.05, 4.69) is 10.6 Å². The Morgan fingerprint density at radius 1 is 1.08 bits per heavy atom. The highest BCUT2D eigenvalue weighted by molar-refractivity contribution is 7.98. The van der Waals surface area contributed by atoms with Gasteiger partial charge in [0.05, 0.1) is 13.0 Å². The third-order valence-corrected chi connectivity index (χ3v) is 5.60. The van der Waals surface area contributed by atoms with Crippen LogP contribution in [0.5, 0.6) is 0 Å². The highest BCUT2D eigenvalue weighted by Crippen LogP contribution is 2.24. The van der Waals surface area contributed by atoms with Gasteiger partial charge in [-0.25, -0.2) is 4.79 Å². The first-order chi connectivity index (χ1) is 17.0. The molecular weight excluding hydrogens is 482 g/mol. The molecule has 1 aromatic rings. The molecule has 202 valence electrons. The number of thioether (sulfide) groups is 1. The van der Waals surface area contributed by atoms with Crippen molar-refractivity contribution in [1.29, 1.82) is 0 Å². The van der Waals surface area contributed by atoms with Crippen molar-refractivity contribution >= 4 is 35.6 Å². The normalized spacial score (nSPS) is 12.7. The molecule has 2 atom stereocenters. The predicted molar refractivity (Wildman–Crippen MR) is 142 cm³/mol. The van der Waals surface area contributed by atoms with Crippen molar-refractivity contribution in [2.24, 2.45) is 0 Å². The molecule has 2 unspecified atom stereocenters. The van der Waals surface area contributed by atoms with E-state index in [-0.39, 0.29) is 25.5 Å². The molecule has 3 amide bonds. The van der Waals surface area contributed by atoms with Crippen LogP contribution in [0.2, 0.25) is 0 Å². The van der Waals surface area contributed by atoms with Gasteiger partial charge in [0.2, 0.25) is 11.8 Å². The molecule has 10 heteroatoms. The minimum atomic E-state index is -0.932. The van der Waals surface area contributed by atoms with Gasteiger partial charge in [0.15, 0.2) is 0 Å². The van der Waals surface area contributed by atoms with E-state index in [0.717, 1.165) is 0 Å². The molecule has 9 nitrogen and oxygen atoms in total. The van der Waals surface area contributed by atoms with Gasteiger partial charge in [0.25, 0.3) is 0 Å². The molecule has 0 aliphatic rings. The summed E-state index contributed by atoms with van der Waals surface area (Å²) in [4.78, 5) is 52.9. The van der Waals surface area contributed by atoms with E-state index in [1.807, 2.05) is 19.2 Å². The second-order valence-electron chi connectivity index (χ2n) is 9.17. The van der Waals surface area contributed by atoms with Crippen LogP contribution >= 0.6 is 11.8 Å². The number of nitrogens with zero attached hydrogens (tertiary/aromatic N) is 1. The molecule has 36 heavy (non-hydrogen) atoms. The number of alkyl carbamates (subject to hydrolysis) is 1. The number of esters is 1.